The van der Waals surface area contributed by atoms with Gasteiger partial charge >= 0.3 is 18.3 Å². The third kappa shape index (κ3) is 7.16. The number of ether oxygens (including phenoxy) is 2. The molecule has 0 atom stereocenters. The predicted molar refractivity (Wildman–Crippen MR) is 102 cm³/mol. The summed E-state index contributed by atoms with van der Waals surface area (Å²) in [5, 5.41) is 2.12. The van der Waals surface area contributed by atoms with Gasteiger partial charge in [0.2, 0.25) is 0 Å². The fourth-order valence-corrected chi connectivity index (χ4v) is 2.97. The first-order valence-electron chi connectivity index (χ1n) is 9.25. The molecule has 0 aliphatic heterocycles. The Balaban J connectivity index is 2.50. The summed E-state index contributed by atoms with van der Waals surface area (Å²) in [6, 6.07) is 7.51. The monoisotopic (exact) mass is 449 g/mol. The summed E-state index contributed by atoms with van der Waals surface area (Å²) in [4.78, 5) is 11.8. The molecule has 10 heteroatoms. The van der Waals surface area contributed by atoms with Crippen molar-refractivity contribution in [2.45, 2.75) is 32.2 Å². The van der Waals surface area contributed by atoms with Crippen LogP contribution in [-0.2, 0) is 28.7 Å². The molecule has 2 rings (SSSR count). The van der Waals surface area contributed by atoms with Gasteiger partial charge in [0.25, 0.3) is 0 Å². The summed E-state index contributed by atoms with van der Waals surface area (Å²) in [5.41, 5.74) is 0.141. The first-order valence-corrected chi connectivity index (χ1v) is 9.25. The van der Waals surface area contributed by atoms with E-state index in [0.717, 1.165) is 12.1 Å². The Morgan fingerprint density at radius 1 is 1.00 bits per heavy atom. The lowest BCUT2D eigenvalue weighted by Gasteiger charge is -2.18. The van der Waals surface area contributed by atoms with E-state index in [0.29, 0.717) is 16.9 Å². The van der Waals surface area contributed by atoms with Crippen molar-refractivity contribution in [3.63, 3.8) is 0 Å². The standard InChI is InChI=1S/C21H21F6NO3/c1-3-31-19(29)9-13-4-7-18(30-2)17(8-13)16-6-5-15(21(25,26)27)10-14(16)11-28-12-20(22,23)24/h4-8,10,28H,3,9,11-12H2,1-2H3. The average molecular weight is 449 g/mol. The van der Waals surface area contributed by atoms with Crippen molar-refractivity contribution >= 4 is 5.97 Å². The number of esters is 1. The second-order valence-corrected chi connectivity index (χ2v) is 6.60. The molecule has 1 N–H and O–H groups in total. The molecule has 31 heavy (non-hydrogen) atoms. The third-order valence-electron chi connectivity index (χ3n) is 4.28. The molecule has 2 aromatic carbocycles. The first kappa shape index (κ1) is 24.5. The summed E-state index contributed by atoms with van der Waals surface area (Å²) in [6.07, 6.45) is -9.25. The zero-order valence-corrected chi connectivity index (χ0v) is 16.8. The van der Waals surface area contributed by atoms with Gasteiger partial charge in [-0.3, -0.25) is 4.79 Å². The minimum atomic E-state index is -4.66. The van der Waals surface area contributed by atoms with Crippen LogP contribution in [0.25, 0.3) is 11.1 Å². The van der Waals surface area contributed by atoms with E-state index in [4.69, 9.17) is 9.47 Å². The molecule has 0 unspecified atom stereocenters. The second-order valence-electron chi connectivity index (χ2n) is 6.60. The number of nitrogens with one attached hydrogen (secondary N) is 1. The predicted octanol–water partition coefficient (Wildman–Crippen LogP) is 5.14. The molecule has 4 nitrogen and oxygen atoms in total. The summed E-state index contributed by atoms with van der Waals surface area (Å²) in [6.45, 7) is 0.0301. The molecule has 0 amide bonds. The minimum absolute atomic E-state index is 0.00524. The highest BCUT2D eigenvalue weighted by molar-refractivity contribution is 5.77. The van der Waals surface area contributed by atoms with Crippen LogP contribution in [-0.4, -0.2) is 32.4 Å². The molecule has 170 valence electrons. The van der Waals surface area contributed by atoms with Crippen molar-refractivity contribution in [1.29, 1.82) is 0 Å². The maximum atomic E-state index is 13.2. The van der Waals surface area contributed by atoms with Crippen LogP contribution in [0.15, 0.2) is 36.4 Å². The van der Waals surface area contributed by atoms with Crippen LogP contribution in [0.3, 0.4) is 0 Å². The number of benzene rings is 2. The Bertz CT molecular complexity index is 909. The van der Waals surface area contributed by atoms with E-state index >= 15 is 0 Å². The summed E-state index contributed by atoms with van der Waals surface area (Å²) in [5.74, 6) is -0.192. The number of alkyl halides is 6. The lowest BCUT2D eigenvalue weighted by molar-refractivity contribution is -0.142. The summed E-state index contributed by atoms with van der Waals surface area (Å²) < 4.78 is 87.2. The van der Waals surface area contributed by atoms with Crippen LogP contribution >= 0.6 is 0 Å². The molecular formula is C21H21F6NO3. The largest absolute Gasteiger partial charge is 0.496 e. The Hall–Kier alpha value is -2.75. The lowest BCUT2D eigenvalue weighted by Crippen LogP contribution is -2.28. The molecule has 0 heterocycles. The van der Waals surface area contributed by atoms with Gasteiger partial charge < -0.3 is 14.8 Å². The maximum Gasteiger partial charge on any atom is 0.416 e. The highest BCUT2D eigenvalue weighted by Gasteiger charge is 2.32. The average Bonchev–Trinajstić information content (AvgIpc) is 2.66. The number of carbonyl (C=O) groups excluding carboxylic acids is 1. The van der Waals surface area contributed by atoms with Gasteiger partial charge in [-0.1, -0.05) is 12.1 Å². The van der Waals surface area contributed by atoms with E-state index in [-0.39, 0.29) is 24.2 Å². The molecule has 0 radical (unpaired) electrons. The summed E-state index contributed by atoms with van der Waals surface area (Å²) >= 11 is 0. The van der Waals surface area contributed by atoms with Crippen LogP contribution in [0.5, 0.6) is 5.75 Å². The topological polar surface area (TPSA) is 47.6 Å². The van der Waals surface area contributed by atoms with Crippen molar-refractivity contribution in [2.75, 3.05) is 20.3 Å². The number of methoxy groups -OCH3 is 1. The molecule has 0 aromatic heterocycles. The van der Waals surface area contributed by atoms with Crippen LogP contribution in [0.1, 0.15) is 23.6 Å². The van der Waals surface area contributed by atoms with Gasteiger partial charge in [-0.05, 0) is 47.9 Å². The molecule has 0 fully saturated rings. The highest BCUT2D eigenvalue weighted by Crippen LogP contribution is 2.37. The molecule has 0 aliphatic carbocycles. The van der Waals surface area contributed by atoms with Gasteiger partial charge in [0.1, 0.15) is 5.75 Å². The second kappa shape index (κ2) is 10.0. The Labute approximate surface area is 175 Å². The zero-order valence-electron chi connectivity index (χ0n) is 16.8. The highest BCUT2D eigenvalue weighted by atomic mass is 19.4. The van der Waals surface area contributed by atoms with Crippen molar-refractivity contribution in [3.05, 3.63) is 53.1 Å². The Morgan fingerprint density at radius 3 is 2.29 bits per heavy atom. The van der Waals surface area contributed by atoms with Crippen molar-refractivity contribution < 1.29 is 40.6 Å². The first-order chi connectivity index (χ1) is 14.4. The molecule has 0 aliphatic rings. The van der Waals surface area contributed by atoms with Gasteiger partial charge in [-0.15, -0.1) is 0 Å². The lowest BCUT2D eigenvalue weighted by atomic mass is 9.94. The Kier molecular flexibility index (Phi) is 7.94. The molecule has 2 aromatic rings. The van der Waals surface area contributed by atoms with Crippen molar-refractivity contribution in [2.24, 2.45) is 0 Å². The quantitative estimate of drug-likeness (QED) is 0.448. The number of hydrogen-bond acceptors (Lipinski definition) is 4. The van der Waals surface area contributed by atoms with Crippen molar-refractivity contribution in [1.82, 2.24) is 5.32 Å². The van der Waals surface area contributed by atoms with E-state index in [1.165, 1.54) is 19.2 Å². The van der Waals surface area contributed by atoms with Crippen molar-refractivity contribution in [3.8, 4) is 16.9 Å². The van der Waals surface area contributed by atoms with E-state index < -0.39 is 37.0 Å². The van der Waals surface area contributed by atoms with Gasteiger partial charge in [-0.2, -0.15) is 26.3 Å². The van der Waals surface area contributed by atoms with Gasteiger partial charge in [0.15, 0.2) is 0 Å². The Morgan fingerprint density at radius 2 is 1.71 bits per heavy atom. The maximum absolute atomic E-state index is 13.2. The summed E-state index contributed by atoms with van der Waals surface area (Å²) in [7, 11) is 1.36. The fraction of sp³-hybridized carbons (Fsp3) is 0.381. The normalized spacial score (nSPS) is 12.0. The van der Waals surface area contributed by atoms with Gasteiger partial charge in [0, 0.05) is 12.1 Å². The fourth-order valence-electron chi connectivity index (χ4n) is 2.97. The van der Waals surface area contributed by atoms with Crippen LogP contribution in [0.4, 0.5) is 26.3 Å². The SMILES string of the molecule is CCOC(=O)Cc1ccc(OC)c(-c2ccc(C(F)(F)F)cc2CNCC(F)(F)F)c1. The number of halogens is 6. The van der Waals surface area contributed by atoms with Gasteiger partial charge in [0.05, 0.1) is 32.2 Å². The van der Waals surface area contributed by atoms with Crippen LogP contribution in [0, 0.1) is 0 Å². The number of hydrogen-bond donors (Lipinski definition) is 1. The van der Waals surface area contributed by atoms with Gasteiger partial charge in [-0.25, -0.2) is 0 Å². The number of rotatable bonds is 8. The molecular weight excluding hydrogens is 428 g/mol. The van der Waals surface area contributed by atoms with Crippen LogP contribution in [0.2, 0.25) is 0 Å². The third-order valence-corrected chi connectivity index (χ3v) is 4.28. The molecule has 0 bridgehead atoms. The van der Waals surface area contributed by atoms with E-state index in [1.807, 2.05) is 0 Å². The van der Waals surface area contributed by atoms with Crippen LogP contribution < -0.4 is 10.1 Å². The minimum Gasteiger partial charge on any atom is -0.496 e. The zero-order chi connectivity index (χ0) is 23.2. The molecule has 0 saturated heterocycles. The molecule has 0 spiro atoms. The van der Waals surface area contributed by atoms with E-state index in [9.17, 15) is 31.1 Å². The molecule has 0 saturated carbocycles. The number of carbonyl (C=O) groups is 1. The smallest absolute Gasteiger partial charge is 0.416 e. The van der Waals surface area contributed by atoms with E-state index in [1.54, 1.807) is 19.1 Å². The van der Waals surface area contributed by atoms with E-state index in [2.05, 4.69) is 5.32 Å².